The lowest BCUT2D eigenvalue weighted by Crippen LogP contribution is -2.41. The first kappa shape index (κ1) is 31.6. The van der Waals surface area contributed by atoms with Crippen LogP contribution in [0, 0.1) is 0 Å². The first-order valence-corrected chi connectivity index (χ1v) is 16.1. The zero-order chi connectivity index (χ0) is 32.5. The lowest BCUT2D eigenvalue weighted by atomic mass is 9.77. The number of methoxy groups -OCH3 is 1. The van der Waals surface area contributed by atoms with Gasteiger partial charge >= 0.3 is 5.76 Å². The minimum absolute atomic E-state index is 0.0566. The molecule has 0 radical (unpaired) electrons. The molecule has 0 atom stereocenters. The molecule has 1 fully saturated rings. The molecule has 11 heteroatoms. The van der Waals surface area contributed by atoms with Crippen LogP contribution >= 0.6 is 0 Å². The number of aromatic nitrogens is 6. The number of fused-ring (bicyclic) bond motifs is 1. The number of hydrogen-bond donors (Lipinski definition) is 2. The summed E-state index contributed by atoms with van der Waals surface area (Å²) in [7, 11) is 1.75. The summed E-state index contributed by atoms with van der Waals surface area (Å²) in [5.74, 6) is 0.259. The molecule has 0 unspecified atom stereocenters. The first-order valence-electron chi connectivity index (χ1n) is 16.1. The molecule has 3 aromatic heterocycles. The van der Waals surface area contributed by atoms with E-state index in [4.69, 9.17) is 9.26 Å². The number of ether oxygens (including phenoxy) is 1. The van der Waals surface area contributed by atoms with Gasteiger partial charge in [-0.15, -0.1) is 0 Å². The van der Waals surface area contributed by atoms with Gasteiger partial charge in [-0.1, -0.05) is 61.0 Å². The van der Waals surface area contributed by atoms with Crippen molar-refractivity contribution in [1.82, 2.24) is 29.3 Å². The van der Waals surface area contributed by atoms with Crippen LogP contribution in [0.15, 0.2) is 69.0 Å². The Hall–Kier alpha value is -4.35. The van der Waals surface area contributed by atoms with Gasteiger partial charge in [0.05, 0.1) is 16.9 Å². The Morgan fingerprint density at radius 3 is 2.52 bits per heavy atom. The molecule has 46 heavy (non-hydrogen) atoms. The minimum Gasteiger partial charge on any atom is -0.390 e. The van der Waals surface area contributed by atoms with Crippen molar-refractivity contribution in [2.75, 3.05) is 7.11 Å². The van der Waals surface area contributed by atoms with Gasteiger partial charge in [-0.25, -0.2) is 9.31 Å². The van der Waals surface area contributed by atoms with E-state index in [1.54, 1.807) is 7.11 Å². The second kappa shape index (κ2) is 12.8. The highest BCUT2D eigenvalue weighted by Gasteiger charge is 2.38. The quantitative estimate of drug-likeness (QED) is 0.196. The van der Waals surface area contributed by atoms with Crippen LogP contribution in [0.3, 0.4) is 0 Å². The van der Waals surface area contributed by atoms with Gasteiger partial charge in [0.25, 0.3) is 5.56 Å². The maximum atomic E-state index is 14.6. The molecule has 5 aromatic rings. The van der Waals surface area contributed by atoms with Crippen molar-refractivity contribution in [2.24, 2.45) is 0 Å². The van der Waals surface area contributed by atoms with E-state index in [-0.39, 0.29) is 17.2 Å². The molecule has 1 saturated carbocycles. The molecule has 0 spiro atoms. The molecule has 3 heterocycles. The summed E-state index contributed by atoms with van der Waals surface area (Å²) in [5.41, 5.74) is 3.85. The van der Waals surface area contributed by atoms with E-state index in [1.165, 1.54) is 6.33 Å². The number of aromatic amines is 1. The van der Waals surface area contributed by atoms with Gasteiger partial charge in [0, 0.05) is 30.7 Å². The van der Waals surface area contributed by atoms with Gasteiger partial charge in [-0.05, 0) is 81.5 Å². The number of nitrogens with one attached hydrogen (secondary N) is 1. The van der Waals surface area contributed by atoms with Gasteiger partial charge in [-0.2, -0.15) is 10.1 Å². The van der Waals surface area contributed by atoms with Crippen LogP contribution in [0.25, 0.3) is 28.3 Å². The van der Waals surface area contributed by atoms with Gasteiger partial charge in [0.2, 0.25) is 5.78 Å². The zero-order valence-electron chi connectivity index (χ0n) is 27.0. The maximum Gasteiger partial charge on any atom is 0.439 e. The molecule has 0 saturated heterocycles. The van der Waals surface area contributed by atoms with Crippen LogP contribution < -0.4 is 11.3 Å². The molecule has 2 N–H and O–H groups in total. The third-order valence-electron chi connectivity index (χ3n) is 9.42. The van der Waals surface area contributed by atoms with Crippen molar-refractivity contribution in [3.05, 3.63) is 92.6 Å². The Morgan fingerprint density at radius 2 is 1.87 bits per heavy atom. The molecule has 6 rings (SSSR count). The van der Waals surface area contributed by atoms with Crippen LogP contribution in [0.1, 0.15) is 88.6 Å². The SMILES string of the molecule is CCCc1c(Cc2ccc(-c3ccccc3)c(-c3noc(=O)[nH]3)c2)c(=O)n(C2CCC(CCC(C)(C)O)(OC)CC2)c2ncnn12. The van der Waals surface area contributed by atoms with Crippen molar-refractivity contribution < 1.29 is 14.4 Å². The number of H-pyrrole nitrogens is 1. The number of rotatable bonds is 11. The van der Waals surface area contributed by atoms with Gasteiger partial charge in [-0.3, -0.25) is 18.9 Å². The predicted octanol–water partition coefficient (Wildman–Crippen LogP) is 5.50. The molecule has 0 aliphatic heterocycles. The lowest BCUT2D eigenvalue weighted by molar-refractivity contribution is -0.0684. The Kier molecular flexibility index (Phi) is 8.80. The van der Waals surface area contributed by atoms with E-state index in [0.29, 0.717) is 42.0 Å². The molecule has 2 aromatic carbocycles. The van der Waals surface area contributed by atoms with Crippen LogP contribution in [-0.2, 0) is 17.6 Å². The number of nitrogens with zero attached hydrogens (tertiary/aromatic N) is 5. The van der Waals surface area contributed by atoms with E-state index < -0.39 is 11.4 Å². The average Bonchev–Trinajstić information content (AvgIpc) is 3.72. The standard InChI is InChI=1S/C35H42N6O5/c1-5-9-29-28(21-23-12-13-26(24-10-7-6-8-11-24)27(20-23)30-38-33(43)46-39-30)31(42)40(32-36-22-37-41(29)32)25-14-16-35(45-4,17-15-25)19-18-34(2,3)44/h6-8,10-13,20,22,25,44H,5,9,14-19,21H2,1-4H3,(H,38,39,43). The Morgan fingerprint density at radius 1 is 1.11 bits per heavy atom. The molecular formula is C35H42N6O5. The van der Waals surface area contributed by atoms with Crippen LogP contribution in [0.2, 0.25) is 0 Å². The zero-order valence-corrected chi connectivity index (χ0v) is 27.0. The number of hydrogen-bond acceptors (Lipinski definition) is 8. The van der Waals surface area contributed by atoms with E-state index in [1.807, 2.05) is 71.5 Å². The van der Waals surface area contributed by atoms with E-state index in [9.17, 15) is 14.7 Å². The topological polar surface area (TPSA) is 141 Å². The van der Waals surface area contributed by atoms with E-state index in [2.05, 4.69) is 27.1 Å². The highest BCUT2D eigenvalue weighted by Crippen LogP contribution is 2.41. The summed E-state index contributed by atoms with van der Waals surface area (Å²) in [4.78, 5) is 33.7. The fourth-order valence-corrected chi connectivity index (χ4v) is 6.87. The van der Waals surface area contributed by atoms with E-state index >= 15 is 0 Å². The van der Waals surface area contributed by atoms with Crippen LogP contribution in [-0.4, -0.2) is 52.7 Å². The smallest absolute Gasteiger partial charge is 0.390 e. The molecule has 0 amide bonds. The minimum atomic E-state index is -0.765. The number of aliphatic hydroxyl groups is 1. The summed E-state index contributed by atoms with van der Waals surface area (Å²) in [5, 5.41) is 18.9. The molecule has 1 aliphatic rings. The highest BCUT2D eigenvalue weighted by atomic mass is 16.5. The maximum absolute atomic E-state index is 14.6. The summed E-state index contributed by atoms with van der Waals surface area (Å²) < 4.78 is 14.6. The molecular weight excluding hydrogens is 584 g/mol. The van der Waals surface area contributed by atoms with Gasteiger partial charge in [0.1, 0.15) is 6.33 Å². The normalized spacial score (nSPS) is 18.8. The summed E-state index contributed by atoms with van der Waals surface area (Å²) >= 11 is 0. The second-order valence-corrected chi connectivity index (χ2v) is 13.1. The van der Waals surface area contributed by atoms with Crippen molar-refractivity contribution in [3.8, 4) is 22.5 Å². The summed E-state index contributed by atoms with van der Waals surface area (Å²) in [6.45, 7) is 5.74. The van der Waals surface area contributed by atoms with Gasteiger partial charge < -0.3 is 9.84 Å². The van der Waals surface area contributed by atoms with Crippen LogP contribution in [0.5, 0.6) is 0 Å². The fraction of sp³-hybridized carbons (Fsp3) is 0.457. The number of benzene rings is 2. The third kappa shape index (κ3) is 6.34. The van der Waals surface area contributed by atoms with Crippen molar-refractivity contribution in [2.45, 2.75) is 95.8 Å². The van der Waals surface area contributed by atoms with Crippen molar-refractivity contribution in [1.29, 1.82) is 0 Å². The van der Waals surface area contributed by atoms with Gasteiger partial charge in [0.15, 0.2) is 5.82 Å². The highest BCUT2D eigenvalue weighted by molar-refractivity contribution is 5.81. The largest absolute Gasteiger partial charge is 0.439 e. The predicted molar refractivity (Wildman–Crippen MR) is 175 cm³/mol. The molecule has 242 valence electrons. The van der Waals surface area contributed by atoms with Crippen LogP contribution in [0.4, 0.5) is 0 Å². The second-order valence-electron chi connectivity index (χ2n) is 13.1. The summed E-state index contributed by atoms with van der Waals surface area (Å²) in [6, 6.07) is 15.8. The number of aryl methyl sites for hydroxylation is 1. The lowest BCUT2D eigenvalue weighted by Gasteiger charge is -2.41. The van der Waals surface area contributed by atoms with E-state index in [0.717, 1.165) is 60.9 Å². The first-order chi connectivity index (χ1) is 22.1. The molecule has 1 aliphatic carbocycles. The summed E-state index contributed by atoms with van der Waals surface area (Å²) in [6.07, 6.45) is 7.87. The van der Waals surface area contributed by atoms with Crippen molar-refractivity contribution in [3.63, 3.8) is 0 Å². The molecule has 0 bridgehead atoms. The Labute approximate surface area is 267 Å². The fourth-order valence-electron chi connectivity index (χ4n) is 6.87. The average molecular weight is 627 g/mol. The monoisotopic (exact) mass is 626 g/mol. The molecule has 11 nitrogen and oxygen atoms in total. The van der Waals surface area contributed by atoms with Crippen molar-refractivity contribution >= 4 is 5.78 Å². The third-order valence-corrected chi connectivity index (χ3v) is 9.42. The Bertz CT molecular complexity index is 1920. The Balaban J connectivity index is 1.40.